The molecule has 2 heterocycles. The minimum absolute atomic E-state index is 0.0367. The monoisotopic (exact) mass is 341 g/mol. The lowest BCUT2D eigenvalue weighted by Gasteiger charge is -2.18. The highest BCUT2D eigenvalue weighted by molar-refractivity contribution is 9.10. The van der Waals surface area contributed by atoms with Crippen LogP contribution in [0.25, 0.3) is 0 Å². The smallest absolute Gasteiger partial charge is 0.232 e. The van der Waals surface area contributed by atoms with E-state index >= 15 is 0 Å². The Morgan fingerprint density at radius 2 is 2.35 bits per heavy atom. The van der Waals surface area contributed by atoms with Gasteiger partial charge in [0.2, 0.25) is 5.91 Å². The summed E-state index contributed by atoms with van der Waals surface area (Å²) in [4.78, 5) is 16.5. The van der Waals surface area contributed by atoms with Crippen molar-refractivity contribution < 1.29 is 9.53 Å². The van der Waals surface area contributed by atoms with Gasteiger partial charge < -0.3 is 15.4 Å². The van der Waals surface area contributed by atoms with E-state index in [-0.39, 0.29) is 17.9 Å². The summed E-state index contributed by atoms with van der Waals surface area (Å²) >= 11 is 3.39. The maximum absolute atomic E-state index is 12.3. The number of nitrogens with zero attached hydrogens (tertiary/aromatic N) is 1. The number of nitrogens with one attached hydrogen (secondary N) is 2. The maximum Gasteiger partial charge on any atom is 0.232 e. The third-order valence-electron chi connectivity index (χ3n) is 3.37. The van der Waals surface area contributed by atoms with Crippen LogP contribution in [0.15, 0.2) is 16.7 Å². The summed E-state index contributed by atoms with van der Waals surface area (Å²) in [6.45, 7) is 6.01. The van der Waals surface area contributed by atoms with E-state index in [1.807, 2.05) is 13.0 Å². The van der Waals surface area contributed by atoms with Crippen molar-refractivity contribution in [1.82, 2.24) is 10.3 Å². The van der Waals surface area contributed by atoms with Crippen molar-refractivity contribution in [3.05, 3.63) is 22.3 Å². The van der Waals surface area contributed by atoms with Crippen molar-refractivity contribution in [3.8, 4) is 0 Å². The number of aromatic nitrogens is 1. The van der Waals surface area contributed by atoms with Gasteiger partial charge in [0.05, 0.1) is 19.1 Å². The van der Waals surface area contributed by atoms with E-state index in [2.05, 4.69) is 38.5 Å². The molecule has 6 heteroatoms. The second-order valence-electron chi connectivity index (χ2n) is 5.01. The lowest BCUT2D eigenvalue weighted by Crippen LogP contribution is -2.41. The van der Waals surface area contributed by atoms with Crippen molar-refractivity contribution in [3.63, 3.8) is 0 Å². The highest BCUT2D eigenvalue weighted by atomic mass is 79.9. The van der Waals surface area contributed by atoms with Crippen LogP contribution < -0.4 is 10.6 Å². The number of ether oxygens (including phenoxy) is 1. The Labute approximate surface area is 127 Å². The number of aryl methyl sites for hydroxylation is 1. The molecular weight excluding hydrogens is 322 g/mol. The molecule has 2 atom stereocenters. The van der Waals surface area contributed by atoms with Gasteiger partial charge >= 0.3 is 0 Å². The van der Waals surface area contributed by atoms with Crippen molar-refractivity contribution in [2.24, 2.45) is 5.92 Å². The second-order valence-corrected chi connectivity index (χ2v) is 5.87. The van der Waals surface area contributed by atoms with Crippen LogP contribution >= 0.6 is 15.9 Å². The fourth-order valence-corrected chi connectivity index (χ4v) is 2.39. The summed E-state index contributed by atoms with van der Waals surface area (Å²) in [6.07, 6.45) is 2.74. The molecule has 0 radical (unpaired) electrons. The highest BCUT2D eigenvalue weighted by Crippen LogP contribution is 2.19. The summed E-state index contributed by atoms with van der Waals surface area (Å²) < 4.78 is 6.35. The van der Waals surface area contributed by atoms with Crippen LogP contribution in [0.4, 0.5) is 5.82 Å². The Morgan fingerprint density at radius 3 is 3.05 bits per heavy atom. The van der Waals surface area contributed by atoms with E-state index in [4.69, 9.17) is 4.74 Å². The summed E-state index contributed by atoms with van der Waals surface area (Å²) in [7, 11) is 0. The van der Waals surface area contributed by atoms with Crippen LogP contribution in [-0.4, -0.2) is 36.7 Å². The van der Waals surface area contributed by atoms with Gasteiger partial charge in [0.1, 0.15) is 5.82 Å². The average molecular weight is 342 g/mol. The number of hydrogen-bond acceptors (Lipinski definition) is 4. The second kappa shape index (κ2) is 7.15. The van der Waals surface area contributed by atoms with E-state index in [1.165, 1.54) is 0 Å². The largest absolute Gasteiger partial charge is 0.379 e. The van der Waals surface area contributed by atoms with Crippen LogP contribution in [0, 0.1) is 12.8 Å². The molecule has 0 aliphatic carbocycles. The van der Waals surface area contributed by atoms with Gasteiger partial charge in [0, 0.05) is 16.7 Å². The van der Waals surface area contributed by atoms with E-state index in [0.29, 0.717) is 19.0 Å². The number of halogens is 1. The first kappa shape index (κ1) is 15.4. The predicted molar refractivity (Wildman–Crippen MR) is 81.7 cm³/mol. The Kier molecular flexibility index (Phi) is 5.51. The molecule has 5 nitrogen and oxygen atoms in total. The summed E-state index contributed by atoms with van der Waals surface area (Å²) in [6, 6.07) is 1.94. The predicted octanol–water partition coefficient (Wildman–Crippen LogP) is 2.11. The van der Waals surface area contributed by atoms with E-state index < -0.39 is 0 Å². The molecule has 0 saturated carbocycles. The zero-order valence-electron chi connectivity index (χ0n) is 11.8. The van der Waals surface area contributed by atoms with Gasteiger partial charge in [0.25, 0.3) is 0 Å². The molecule has 2 N–H and O–H groups in total. The summed E-state index contributed by atoms with van der Waals surface area (Å²) in [5, 5.41) is 6.22. The van der Waals surface area contributed by atoms with Gasteiger partial charge in [-0.1, -0.05) is 6.92 Å². The molecule has 2 rings (SSSR count). The third kappa shape index (κ3) is 3.77. The van der Waals surface area contributed by atoms with Gasteiger partial charge in [-0.3, -0.25) is 4.79 Å². The number of hydrogen-bond donors (Lipinski definition) is 2. The molecule has 1 aliphatic rings. The Balaban J connectivity index is 1.98. The molecule has 1 saturated heterocycles. The normalized spacial score (nSPS) is 21.9. The summed E-state index contributed by atoms with van der Waals surface area (Å²) in [5.74, 6) is 0.384. The average Bonchev–Trinajstić information content (AvgIpc) is 2.89. The number of anilines is 1. The fourth-order valence-electron chi connectivity index (χ4n) is 2.17. The first-order chi connectivity index (χ1) is 9.61. The fraction of sp³-hybridized carbons (Fsp3) is 0.571. The SMILES string of the molecule is CCCNC1COCC1C(=O)Nc1cc(C)c(Br)cn1. The number of carbonyl (C=O) groups excluding carboxylic acids is 1. The van der Waals surface area contributed by atoms with Crippen LogP contribution in [0.1, 0.15) is 18.9 Å². The zero-order chi connectivity index (χ0) is 14.5. The van der Waals surface area contributed by atoms with Gasteiger partial charge in [-0.2, -0.15) is 0 Å². The molecular formula is C14H20BrN3O2. The zero-order valence-corrected chi connectivity index (χ0v) is 13.4. The van der Waals surface area contributed by atoms with Gasteiger partial charge in [-0.15, -0.1) is 0 Å². The number of pyridine rings is 1. The first-order valence-corrected chi connectivity index (χ1v) is 7.65. The molecule has 20 heavy (non-hydrogen) atoms. The number of rotatable bonds is 5. The molecule has 2 unspecified atom stereocenters. The van der Waals surface area contributed by atoms with E-state index in [1.54, 1.807) is 6.20 Å². The minimum atomic E-state index is -0.160. The minimum Gasteiger partial charge on any atom is -0.379 e. The Bertz CT molecular complexity index is 481. The topological polar surface area (TPSA) is 63.2 Å². The Morgan fingerprint density at radius 1 is 1.55 bits per heavy atom. The molecule has 1 aromatic rings. The summed E-state index contributed by atoms with van der Waals surface area (Å²) in [5.41, 5.74) is 1.04. The van der Waals surface area contributed by atoms with Crippen LogP contribution in [0.3, 0.4) is 0 Å². The van der Waals surface area contributed by atoms with Crippen molar-refractivity contribution in [2.45, 2.75) is 26.3 Å². The van der Waals surface area contributed by atoms with E-state index in [9.17, 15) is 4.79 Å². The highest BCUT2D eigenvalue weighted by Gasteiger charge is 2.33. The third-order valence-corrected chi connectivity index (χ3v) is 4.20. The number of amides is 1. The molecule has 1 aromatic heterocycles. The standard InChI is InChI=1S/C14H20BrN3O2/c1-3-4-16-12-8-20-7-10(12)14(19)18-13-5-9(2)11(15)6-17-13/h5-6,10,12,16H,3-4,7-8H2,1-2H3,(H,17,18,19). The molecule has 1 amide bonds. The molecule has 0 aromatic carbocycles. The lowest BCUT2D eigenvalue weighted by atomic mass is 10.0. The maximum atomic E-state index is 12.3. The van der Waals surface area contributed by atoms with Crippen molar-refractivity contribution in [2.75, 3.05) is 25.1 Å². The quantitative estimate of drug-likeness (QED) is 0.860. The van der Waals surface area contributed by atoms with Crippen LogP contribution in [0.5, 0.6) is 0 Å². The number of carbonyl (C=O) groups is 1. The molecule has 1 aliphatic heterocycles. The van der Waals surface area contributed by atoms with Crippen molar-refractivity contribution >= 4 is 27.7 Å². The lowest BCUT2D eigenvalue weighted by molar-refractivity contribution is -0.120. The Hall–Kier alpha value is -0.980. The molecule has 0 spiro atoms. The van der Waals surface area contributed by atoms with Gasteiger partial charge in [-0.05, 0) is 47.4 Å². The molecule has 110 valence electrons. The van der Waals surface area contributed by atoms with Gasteiger partial charge in [-0.25, -0.2) is 4.98 Å². The first-order valence-electron chi connectivity index (χ1n) is 6.86. The molecule has 0 bridgehead atoms. The molecule has 1 fully saturated rings. The van der Waals surface area contributed by atoms with Gasteiger partial charge in [0.15, 0.2) is 0 Å². The van der Waals surface area contributed by atoms with Crippen molar-refractivity contribution in [1.29, 1.82) is 0 Å². The van der Waals surface area contributed by atoms with E-state index in [0.717, 1.165) is 23.0 Å². The van der Waals surface area contributed by atoms with Crippen LogP contribution in [-0.2, 0) is 9.53 Å². The van der Waals surface area contributed by atoms with Crippen LogP contribution in [0.2, 0.25) is 0 Å².